The van der Waals surface area contributed by atoms with Crippen LogP contribution in [-0.2, 0) is 22.4 Å². The molecule has 6 heteroatoms. The van der Waals surface area contributed by atoms with Crippen LogP contribution in [0.2, 0.25) is 0 Å². The van der Waals surface area contributed by atoms with Gasteiger partial charge >= 0.3 is 5.97 Å². The molecular weight excluding hydrogens is 392 g/mol. The predicted octanol–water partition coefficient (Wildman–Crippen LogP) is 4.94. The van der Waals surface area contributed by atoms with Crippen LogP contribution in [0, 0.1) is 5.41 Å². The molecule has 0 saturated carbocycles. The van der Waals surface area contributed by atoms with Gasteiger partial charge in [-0.05, 0) is 49.4 Å². The molecule has 0 fully saturated rings. The van der Waals surface area contributed by atoms with Gasteiger partial charge in [0.2, 0.25) is 5.91 Å². The van der Waals surface area contributed by atoms with Gasteiger partial charge in [0.25, 0.3) is 0 Å². The maximum absolute atomic E-state index is 11.9. The topological polar surface area (TPSA) is 90.7 Å². The lowest BCUT2D eigenvalue weighted by Gasteiger charge is -2.21. The second-order valence-electron chi connectivity index (χ2n) is 7.32. The molecule has 0 atom stereocenters. The largest absolute Gasteiger partial charge is 0.494 e. The van der Waals surface area contributed by atoms with E-state index in [0.717, 1.165) is 29.5 Å². The smallest absolute Gasteiger partial charge is 0.307 e. The number of benzene rings is 2. The lowest BCUT2D eigenvalue weighted by Crippen LogP contribution is -2.35. The van der Waals surface area contributed by atoms with Crippen LogP contribution in [0.3, 0.4) is 0 Å². The molecule has 6 nitrogen and oxygen atoms in total. The third kappa shape index (κ3) is 6.95. The van der Waals surface area contributed by atoms with Crippen LogP contribution in [-0.4, -0.2) is 40.9 Å². The Labute approximate surface area is 184 Å². The molecule has 0 aliphatic rings. The quantitative estimate of drug-likeness (QED) is 0.395. The van der Waals surface area contributed by atoms with E-state index >= 15 is 0 Å². The van der Waals surface area contributed by atoms with Gasteiger partial charge in [0.15, 0.2) is 0 Å². The molecule has 0 spiro atoms. The number of amidine groups is 1. The number of hydrogen-bond donors (Lipinski definition) is 2. The fourth-order valence-electron chi connectivity index (χ4n) is 3.54. The first-order chi connectivity index (χ1) is 14.9. The molecule has 31 heavy (non-hydrogen) atoms. The molecular formula is C25H32N2O4. The third-order valence-corrected chi connectivity index (χ3v) is 5.09. The Morgan fingerprint density at radius 2 is 1.81 bits per heavy atom. The van der Waals surface area contributed by atoms with Gasteiger partial charge in [0.1, 0.15) is 11.6 Å². The SMILES string of the molecule is CCOc1cc(-c2cccc(CCCC(=N)N(CC)C(=O)CC)c2)ccc1CC(=O)O. The van der Waals surface area contributed by atoms with Crippen LogP contribution in [0.1, 0.15) is 51.2 Å². The minimum Gasteiger partial charge on any atom is -0.494 e. The number of hydrogen-bond acceptors (Lipinski definition) is 4. The number of carboxylic acid groups (broad SMARTS) is 1. The van der Waals surface area contributed by atoms with E-state index in [-0.39, 0.29) is 12.3 Å². The molecule has 2 N–H and O–H groups in total. The van der Waals surface area contributed by atoms with Crippen LogP contribution in [0.5, 0.6) is 5.75 Å². The molecule has 2 aromatic rings. The van der Waals surface area contributed by atoms with Crippen molar-refractivity contribution in [3.8, 4) is 16.9 Å². The number of ether oxygens (including phenoxy) is 1. The minimum absolute atomic E-state index is 0.00838. The van der Waals surface area contributed by atoms with Crippen molar-refractivity contribution < 1.29 is 19.4 Å². The number of amides is 1. The maximum atomic E-state index is 11.9. The summed E-state index contributed by atoms with van der Waals surface area (Å²) in [6.07, 6.45) is 2.49. The van der Waals surface area contributed by atoms with E-state index in [1.165, 1.54) is 0 Å². The number of aliphatic carboxylic acids is 1. The van der Waals surface area contributed by atoms with E-state index in [0.29, 0.717) is 43.1 Å². The van der Waals surface area contributed by atoms with Gasteiger partial charge in [-0.3, -0.25) is 15.0 Å². The Balaban J connectivity index is 2.09. The van der Waals surface area contributed by atoms with E-state index in [9.17, 15) is 9.59 Å². The van der Waals surface area contributed by atoms with E-state index in [1.54, 1.807) is 4.90 Å². The summed E-state index contributed by atoms with van der Waals surface area (Å²) in [4.78, 5) is 24.6. The Kier molecular flexibility index (Phi) is 9.25. The summed E-state index contributed by atoms with van der Waals surface area (Å²) in [6.45, 7) is 6.58. The first-order valence-corrected chi connectivity index (χ1v) is 10.8. The summed E-state index contributed by atoms with van der Waals surface area (Å²) in [5, 5.41) is 17.3. The van der Waals surface area contributed by atoms with Crippen LogP contribution in [0.15, 0.2) is 42.5 Å². The number of nitrogens with one attached hydrogen (secondary N) is 1. The Morgan fingerprint density at radius 3 is 2.45 bits per heavy atom. The van der Waals surface area contributed by atoms with Crippen molar-refractivity contribution in [3.63, 3.8) is 0 Å². The number of carbonyl (C=O) groups is 2. The fraction of sp³-hybridized carbons (Fsp3) is 0.400. The second-order valence-corrected chi connectivity index (χ2v) is 7.32. The fourth-order valence-corrected chi connectivity index (χ4v) is 3.54. The van der Waals surface area contributed by atoms with Crippen molar-refractivity contribution in [1.82, 2.24) is 4.90 Å². The van der Waals surface area contributed by atoms with Gasteiger partial charge in [-0.1, -0.05) is 43.3 Å². The van der Waals surface area contributed by atoms with Gasteiger partial charge in [0, 0.05) is 24.9 Å². The van der Waals surface area contributed by atoms with Crippen LogP contribution in [0.4, 0.5) is 0 Å². The highest BCUT2D eigenvalue weighted by atomic mass is 16.5. The molecule has 0 aromatic heterocycles. The average Bonchev–Trinajstić information content (AvgIpc) is 2.75. The molecule has 0 radical (unpaired) electrons. The zero-order chi connectivity index (χ0) is 22.8. The van der Waals surface area contributed by atoms with Gasteiger partial charge in [-0.15, -0.1) is 0 Å². The molecule has 0 bridgehead atoms. The Hall–Kier alpha value is -3.15. The Morgan fingerprint density at radius 1 is 1.06 bits per heavy atom. The van der Waals surface area contributed by atoms with Crippen LogP contribution >= 0.6 is 0 Å². The molecule has 2 aromatic carbocycles. The molecule has 0 heterocycles. The molecule has 0 unspecified atom stereocenters. The summed E-state index contributed by atoms with van der Waals surface area (Å²) in [7, 11) is 0. The lowest BCUT2D eigenvalue weighted by molar-refractivity contribution is -0.136. The second kappa shape index (κ2) is 11.9. The zero-order valence-electron chi connectivity index (χ0n) is 18.6. The number of rotatable bonds is 11. The molecule has 0 aliphatic carbocycles. The third-order valence-electron chi connectivity index (χ3n) is 5.09. The van der Waals surface area contributed by atoms with Crippen molar-refractivity contribution in [1.29, 1.82) is 5.41 Å². The highest BCUT2D eigenvalue weighted by Crippen LogP contribution is 2.29. The van der Waals surface area contributed by atoms with Crippen LogP contribution < -0.4 is 4.74 Å². The van der Waals surface area contributed by atoms with Gasteiger partial charge in [-0.2, -0.15) is 0 Å². The first kappa shape index (κ1) is 24.1. The highest BCUT2D eigenvalue weighted by molar-refractivity contribution is 5.96. The van der Waals surface area contributed by atoms with E-state index in [4.69, 9.17) is 15.3 Å². The average molecular weight is 425 g/mol. The molecule has 166 valence electrons. The molecule has 0 saturated heterocycles. The highest BCUT2D eigenvalue weighted by Gasteiger charge is 2.14. The Bertz CT molecular complexity index is 923. The van der Waals surface area contributed by atoms with Crippen LogP contribution in [0.25, 0.3) is 11.1 Å². The van der Waals surface area contributed by atoms with E-state index in [2.05, 4.69) is 12.1 Å². The maximum Gasteiger partial charge on any atom is 0.307 e. The molecule has 1 amide bonds. The van der Waals surface area contributed by atoms with Crippen molar-refractivity contribution in [2.24, 2.45) is 0 Å². The zero-order valence-corrected chi connectivity index (χ0v) is 18.6. The van der Waals surface area contributed by atoms with Crippen molar-refractivity contribution in [2.45, 2.75) is 52.9 Å². The molecule has 0 aliphatic heterocycles. The molecule has 2 rings (SSSR count). The van der Waals surface area contributed by atoms with E-state index in [1.807, 2.05) is 51.1 Å². The van der Waals surface area contributed by atoms with Gasteiger partial charge < -0.3 is 14.7 Å². The number of carbonyl (C=O) groups excluding carboxylic acids is 1. The van der Waals surface area contributed by atoms with Crippen molar-refractivity contribution in [3.05, 3.63) is 53.6 Å². The normalized spacial score (nSPS) is 10.5. The summed E-state index contributed by atoms with van der Waals surface area (Å²) in [5.74, 6) is 0.0804. The first-order valence-electron chi connectivity index (χ1n) is 10.8. The van der Waals surface area contributed by atoms with Crippen molar-refractivity contribution in [2.75, 3.05) is 13.2 Å². The van der Waals surface area contributed by atoms with Gasteiger partial charge in [0.05, 0.1) is 13.0 Å². The lowest BCUT2D eigenvalue weighted by atomic mass is 9.98. The van der Waals surface area contributed by atoms with Gasteiger partial charge in [-0.25, -0.2) is 0 Å². The summed E-state index contributed by atoms with van der Waals surface area (Å²) >= 11 is 0. The number of nitrogens with zero attached hydrogens (tertiary/aromatic N) is 1. The standard InChI is InChI=1S/C25H32N2O4/c1-4-24(28)27(5-2)23(26)12-8-10-18-9-7-11-19(15-18)20-13-14-21(17-25(29)30)22(16-20)31-6-3/h7,9,11,13-16,26H,4-6,8,10,12,17H2,1-3H3,(H,29,30). The predicted molar refractivity (Wildman–Crippen MR) is 123 cm³/mol. The van der Waals surface area contributed by atoms with E-state index < -0.39 is 5.97 Å². The summed E-state index contributed by atoms with van der Waals surface area (Å²) in [6, 6.07) is 13.8. The monoisotopic (exact) mass is 424 g/mol. The van der Waals surface area contributed by atoms with Crippen molar-refractivity contribution >= 4 is 17.7 Å². The number of carboxylic acids is 1. The number of aryl methyl sites for hydroxylation is 1. The summed E-state index contributed by atoms with van der Waals surface area (Å²) < 4.78 is 5.66. The summed E-state index contributed by atoms with van der Waals surface area (Å²) in [5.41, 5.74) is 3.82. The minimum atomic E-state index is -0.886.